The summed E-state index contributed by atoms with van der Waals surface area (Å²) in [6.45, 7) is 0. The van der Waals surface area contributed by atoms with E-state index in [-0.39, 0.29) is 16.8 Å². The van der Waals surface area contributed by atoms with Crippen LogP contribution in [0.5, 0.6) is 0 Å². The zero-order valence-corrected chi connectivity index (χ0v) is 15.4. The molecule has 0 saturated carbocycles. The molecular formula is C21H14N4O5. The van der Waals surface area contributed by atoms with Crippen molar-refractivity contribution in [3.8, 4) is 5.69 Å². The number of aromatic carboxylic acids is 1. The number of carboxylic acid groups (broad SMARTS) is 1. The Kier molecular flexibility index (Phi) is 4.69. The van der Waals surface area contributed by atoms with E-state index >= 15 is 0 Å². The minimum absolute atomic E-state index is 0.0969. The lowest BCUT2D eigenvalue weighted by Crippen LogP contribution is -2.54. The predicted octanol–water partition coefficient (Wildman–Crippen LogP) is 2.24. The van der Waals surface area contributed by atoms with E-state index in [1.165, 1.54) is 36.7 Å². The van der Waals surface area contributed by atoms with Gasteiger partial charge in [-0.2, -0.15) is 0 Å². The molecule has 30 heavy (non-hydrogen) atoms. The number of pyridine rings is 1. The lowest BCUT2D eigenvalue weighted by atomic mass is 10.1. The minimum Gasteiger partial charge on any atom is -0.478 e. The van der Waals surface area contributed by atoms with Gasteiger partial charge in [0, 0.05) is 23.8 Å². The summed E-state index contributed by atoms with van der Waals surface area (Å²) in [5, 5.41) is 11.4. The maximum Gasteiger partial charge on any atom is 0.336 e. The molecule has 4 amide bonds. The molecule has 9 nitrogen and oxygen atoms in total. The van der Waals surface area contributed by atoms with Gasteiger partial charge < -0.3 is 9.67 Å². The maximum atomic E-state index is 12.9. The summed E-state index contributed by atoms with van der Waals surface area (Å²) >= 11 is 0. The molecule has 148 valence electrons. The molecule has 3 aromatic rings. The average molecular weight is 402 g/mol. The number of anilines is 1. The second-order valence-corrected chi connectivity index (χ2v) is 6.33. The molecule has 2 N–H and O–H groups in total. The van der Waals surface area contributed by atoms with Crippen LogP contribution in [0.2, 0.25) is 0 Å². The van der Waals surface area contributed by atoms with Crippen LogP contribution in [0.1, 0.15) is 16.1 Å². The number of hydrogen-bond acceptors (Lipinski definition) is 5. The van der Waals surface area contributed by atoms with Crippen molar-refractivity contribution in [2.24, 2.45) is 0 Å². The summed E-state index contributed by atoms with van der Waals surface area (Å²) in [6, 6.07) is 11.8. The molecule has 1 aliphatic rings. The third kappa shape index (κ3) is 3.35. The van der Waals surface area contributed by atoms with Crippen LogP contribution in [0.15, 0.2) is 72.7 Å². The summed E-state index contributed by atoms with van der Waals surface area (Å²) in [5.74, 6) is -2.68. The summed E-state index contributed by atoms with van der Waals surface area (Å²) in [7, 11) is 0. The first-order valence-corrected chi connectivity index (χ1v) is 8.78. The molecule has 0 atom stereocenters. The quantitative estimate of drug-likeness (QED) is 0.510. The fourth-order valence-corrected chi connectivity index (χ4v) is 3.06. The van der Waals surface area contributed by atoms with Gasteiger partial charge in [0.2, 0.25) is 0 Å². The summed E-state index contributed by atoms with van der Waals surface area (Å²) in [6.07, 6.45) is 5.85. The van der Waals surface area contributed by atoms with Crippen LogP contribution >= 0.6 is 0 Å². The smallest absolute Gasteiger partial charge is 0.336 e. The van der Waals surface area contributed by atoms with Crippen LogP contribution < -0.4 is 10.2 Å². The number of imide groups is 2. The molecule has 1 fully saturated rings. The number of benzene rings is 1. The standard InChI is InChI=1S/C21H14N4O5/c26-18-17(19(27)25(21(30)23-18)16-6-2-8-22-12-16)11-15-7-3-9-24(15)14-5-1-4-13(10-14)20(28)29/h1-12H,(H,28,29)(H,23,26,30)/b17-11+. The monoisotopic (exact) mass is 402 g/mol. The van der Waals surface area contributed by atoms with Gasteiger partial charge >= 0.3 is 12.0 Å². The Hall–Kier alpha value is -4.53. The molecule has 0 spiro atoms. The fraction of sp³-hybridized carbons (Fsp3) is 0. The van der Waals surface area contributed by atoms with E-state index in [1.807, 2.05) is 0 Å². The van der Waals surface area contributed by atoms with Gasteiger partial charge in [0.05, 0.1) is 17.4 Å². The highest BCUT2D eigenvalue weighted by Gasteiger charge is 2.37. The van der Waals surface area contributed by atoms with Gasteiger partial charge in [-0.05, 0) is 48.5 Å². The van der Waals surface area contributed by atoms with E-state index in [2.05, 4.69) is 10.3 Å². The summed E-state index contributed by atoms with van der Waals surface area (Å²) in [4.78, 5) is 53.5. The Labute approximate surface area is 169 Å². The Morgan fingerprint density at radius 1 is 1.03 bits per heavy atom. The van der Waals surface area contributed by atoms with Crippen molar-refractivity contribution in [2.75, 3.05) is 4.90 Å². The van der Waals surface area contributed by atoms with Crippen molar-refractivity contribution >= 4 is 35.6 Å². The van der Waals surface area contributed by atoms with Crippen LogP contribution in [0, 0.1) is 0 Å². The summed E-state index contributed by atoms with van der Waals surface area (Å²) in [5.41, 5.74) is 1.07. The Bertz CT molecular complexity index is 1210. The van der Waals surface area contributed by atoms with Gasteiger partial charge in [-0.1, -0.05) is 6.07 Å². The number of rotatable bonds is 4. The summed E-state index contributed by atoms with van der Waals surface area (Å²) < 4.78 is 1.63. The van der Waals surface area contributed by atoms with E-state index in [1.54, 1.807) is 41.1 Å². The number of barbiturate groups is 1. The number of aromatic nitrogens is 2. The number of amides is 4. The minimum atomic E-state index is -1.07. The normalized spacial score (nSPS) is 15.4. The van der Waals surface area contributed by atoms with Gasteiger partial charge in [-0.25, -0.2) is 14.5 Å². The number of nitrogens with one attached hydrogen (secondary N) is 1. The molecule has 0 bridgehead atoms. The zero-order chi connectivity index (χ0) is 21.3. The van der Waals surface area contributed by atoms with Crippen LogP contribution in [0.25, 0.3) is 11.8 Å². The van der Waals surface area contributed by atoms with Crippen LogP contribution in [-0.4, -0.2) is 38.5 Å². The third-order valence-corrected chi connectivity index (χ3v) is 4.45. The number of hydrogen-bond donors (Lipinski definition) is 2. The molecule has 0 aliphatic carbocycles. The molecule has 0 unspecified atom stereocenters. The largest absolute Gasteiger partial charge is 0.478 e. The first kappa shape index (κ1) is 18.8. The van der Waals surface area contributed by atoms with Gasteiger partial charge in [-0.15, -0.1) is 0 Å². The van der Waals surface area contributed by atoms with Crippen molar-refractivity contribution in [2.45, 2.75) is 0 Å². The van der Waals surface area contributed by atoms with Crippen LogP contribution in [0.3, 0.4) is 0 Å². The van der Waals surface area contributed by atoms with Crippen molar-refractivity contribution in [3.05, 3.63) is 84.0 Å². The number of nitrogens with zero attached hydrogens (tertiary/aromatic N) is 3. The fourth-order valence-electron chi connectivity index (χ4n) is 3.06. The van der Waals surface area contributed by atoms with E-state index in [0.717, 1.165) is 4.90 Å². The maximum absolute atomic E-state index is 12.9. The Morgan fingerprint density at radius 3 is 2.57 bits per heavy atom. The van der Waals surface area contributed by atoms with E-state index in [4.69, 9.17) is 0 Å². The first-order chi connectivity index (χ1) is 14.5. The molecule has 1 aromatic carbocycles. The molecule has 0 radical (unpaired) electrons. The second kappa shape index (κ2) is 7.47. The third-order valence-electron chi connectivity index (χ3n) is 4.45. The van der Waals surface area contributed by atoms with Crippen LogP contribution in [-0.2, 0) is 9.59 Å². The molecule has 4 rings (SSSR count). The molecule has 1 aliphatic heterocycles. The first-order valence-electron chi connectivity index (χ1n) is 8.78. The second-order valence-electron chi connectivity index (χ2n) is 6.33. The highest BCUT2D eigenvalue weighted by Crippen LogP contribution is 2.22. The molecule has 2 aromatic heterocycles. The van der Waals surface area contributed by atoms with Gasteiger partial charge in [-0.3, -0.25) is 19.9 Å². The number of carbonyl (C=O) groups excluding carboxylic acids is 3. The van der Waals surface area contributed by atoms with Crippen molar-refractivity contribution in [1.29, 1.82) is 0 Å². The SMILES string of the molecule is O=C1NC(=O)N(c2cccnc2)C(=O)/C1=C/c1cccn1-c1cccc(C(=O)O)c1. The zero-order valence-electron chi connectivity index (χ0n) is 15.4. The van der Waals surface area contributed by atoms with E-state index < -0.39 is 23.8 Å². The van der Waals surface area contributed by atoms with Gasteiger partial charge in [0.1, 0.15) is 5.57 Å². The lowest BCUT2D eigenvalue weighted by molar-refractivity contribution is -0.122. The number of carbonyl (C=O) groups is 4. The predicted molar refractivity (Wildman–Crippen MR) is 106 cm³/mol. The van der Waals surface area contributed by atoms with Gasteiger partial charge in [0.25, 0.3) is 11.8 Å². The highest BCUT2D eigenvalue weighted by atomic mass is 16.4. The Balaban J connectivity index is 1.75. The van der Waals surface area contributed by atoms with Crippen LogP contribution in [0.4, 0.5) is 10.5 Å². The highest BCUT2D eigenvalue weighted by molar-refractivity contribution is 6.39. The molecular weight excluding hydrogens is 388 g/mol. The lowest BCUT2D eigenvalue weighted by Gasteiger charge is -2.26. The van der Waals surface area contributed by atoms with Crippen molar-refractivity contribution in [1.82, 2.24) is 14.9 Å². The molecule has 1 saturated heterocycles. The van der Waals surface area contributed by atoms with Crippen molar-refractivity contribution < 1.29 is 24.3 Å². The Morgan fingerprint density at radius 2 is 1.83 bits per heavy atom. The average Bonchev–Trinajstić information content (AvgIpc) is 3.20. The molecule has 9 heteroatoms. The number of urea groups is 1. The van der Waals surface area contributed by atoms with E-state index in [0.29, 0.717) is 11.4 Å². The number of carboxylic acids is 1. The topological polar surface area (TPSA) is 122 Å². The molecule has 3 heterocycles. The van der Waals surface area contributed by atoms with Gasteiger partial charge in [0.15, 0.2) is 0 Å². The van der Waals surface area contributed by atoms with E-state index in [9.17, 15) is 24.3 Å². The van der Waals surface area contributed by atoms with Crippen molar-refractivity contribution in [3.63, 3.8) is 0 Å².